The van der Waals surface area contributed by atoms with Crippen molar-refractivity contribution in [1.82, 2.24) is 9.97 Å². The largest absolute Gasteiger partial charge is 0.355 e. The van der Waals surface area contributed by atoms with E-state index >= 15 is 0 Å². The molecule has 1 amide bonds. The molecule has 1 fully saturated rings. The van der Waals surface area contributed by atoms with E-state index in [0.717, 1.165) is 37.4 Å². The van der Waals surface area contributed by atoms with Crippen LogP contribution in [-0.2, 0) is 0 Å². The lowest BCUT2D eigenvalue weighted by molar-refractivity contribution is 0.102. The molecule has 2 aromatic rings. The SMILES string of the molecule is O=C(Nc1cccnc1N1CCCC1)c1cccnc1Br. The van der Waals surface area contributed by atoms with Gasteiger partial charge in [0.2, 0.25) is 0 Å². The van der Waals surface area contributed by atoms with Crippen molar-refractivity contribution in [2.24, 2.45) is 0 Å². The molecule has 0 saturated carbocycles. The molecule has 0 unspecified atom stereocenters. The molecule has 0 radical (unpaired) electrons. The Morgan fingerprint density at radius 3 is 2.62 bits per heavy atom. The zero-order chi connectivity index (χ0) is 14.7. The molecule has 3 rings (SSSR count). The van der Waals surface area contributed by atoms with Gasteiger partial charge in [0.15, 0.2) is 5.82 Å². The van der Waals surface area contributed by atoms with E-state index in [1.807, 2.05) is 12.1 Å². The first-order chi connectivity index (χ1) is 10.3. The number of nitrogens with zero attached hydrogens (tertiary/aromatic N) is 3. The van der Waals surface area contributed by atoms with Crippen LogP contribution in [0, 0.1) is 0 Å². The van der Waals surface area contributed by atoms with E-state index in [1.54, 1.807) is 24.5 Å². The molecule has 6 heteroatoms. The number of nitrogens with one attached hydrogen (secondary N) is 1. The lowest BCUT2D eigenvalue weighted by Crippen LogP contribution is -2.22. The van der Waals surface area contributed by atoms with Crippen LogP contribution >= 0.6 is 15.9 Å². The summed E-state index contributed by atoms with van der Waals surface area (Å²) in [6.07, 6.45) is 5.72. The van der Waals surface area contributed by atoms with Gasteiger partial charge in [0.05, 0.1) is 11.3 Å². The molecule has 0 spiro atoms. The molecule has 1 aliphatic heterocycles. The van der Waals surface area contributed by atoms with Crippen molar-refractivity contribution in [3.63, 3.8) is 0 Å². The Bertz CT molecular complexity index is 656. The van der Waals surface area contributed by atoms with Crippen LogP contribution in [0.5, 0.6) is 0 Å². The quantitative estimate of drug-likeness (QED) is 0.867. The summed E-state index contributed by atoms with van der Waals surface area (Å²) in [6, 6.07) is 7.18. The number of pyridine rings is 2. The van der Waals surface area contributed by atoms with Gasteiger partial charge in [0.1, 0.15) is 4.60 Å². The van der Waals surface area contributed by atoms with Crippen LogP contribution in [0.4, 0.5) is 11.5 Å². The van der Waals surface area contributed by atoms with Crippen molar-refractivity contribution < 1.29 is 4.79 Å². The summed E-state index contributed by atoms with van der Waals surface area (Å²) in [6.45, 7) is 1.97. The van der Waals surface area contributed by atoms with Crippen LogP contribution in [0.15, 0.2) is 41.3 Å². The van der Waals surface area contributed by atoms with Crippen molar-refractivity contribution in [3.05, 3.63) is 46.8 Å². The smallest absolute Gasteiger partial charge is 0.258 e. The molecular formula is C15H15BrN4O. The van der Waals surface area contributed by atoms with Crippen LogP contribution in [-0.4, -0.2) is 29.0 Å². The fourth-order valence-corrected chi connectivity index (χ4v) is 2.85. The number of amides is 1. The highest BCUT2D eigenvalue weighted by molar-refractivity contribution is 9.10. The second kappa shape index (κ2) is 6.22. The Kier molecular flexibility index (Phi) is 4.15. The molecule has 21 heavy (non-hydrogen) atoms. The fourth-order valence-electron chi connectivity index (χ4n) is 2.42. The number of hydrogen-bond acceptors (Lipinski definition) is 4. The highest BCUT2D eigenvalue weighted by atomic mass is 79.9. The molecule has 0 atom stereocenters. The third-order valence-corrected chi connectivity index (χ3v) is 4.08. The van der Waals surface area contributed by atoms with E-state index in [0.29, 0.717) is 10.2 Å². The van der Waals surface area contributed by atoms with Gasteiger partial charge < -0.3 is 10.2 Å². The summed E-state index contributed by atoms with van der Waals surface area (Å²) >= 11 is 3.30. The van der Waals surface area contributed by atoms with Crippen molar-refractivity contribution in [2.45, 2.75) is 12.8 Å². The topological polar surface area (TPSA) is 58.1 Å². The van der Waals surface area contributed by atoms with Crippen LogP contribution in [0.25, 0.3) is 0 Å². The van der Waals surface area contributed by atoms with E-state index in [9.17, 15) is 4.79 Å². The molecule has 1 saturated heterocycles. The lowest BCUT2D eigenvalue weighted by Gasteiger charge is -2.20. The van der Waals surface area contributed by atoms with Gasteiger partial charge in [-0.1, -0.05) is 0 Å². The number of carbonyl (C=O) groups is 1. The third kappa shape index (κ3) is 3.05. The summed E-state index contributed by atoms with van der Waals surface area (Å²) in [5.41, 5.74) is 1.24. The second-order valence-corrected chi connectivity index (χ2v) is 5.62. The Labute approximate surface area is 131 Å². The van der Waals surface area contributed by atoms with Crippen molar-refractivity contribution >= 4 is 33.3 Å². The molecule has 1 N–H and O–H groups in total. The molecule has 1 aliphatic rings. The van der Waals surface area contributed by atoms with E-state index in [4.69, 9.17) is 0 Å². The summed E-state index contributed by atoms with van der Waals surface area (Å²) in [5, 5.41) is 2.93. The summed E-state index contributed by atoms with van der Waals surface area (Å²) in [5.74, 6) is 0.645. The number of halogens is 1. The number of hydrogen-bond donors (Lipinski definition) is 1. The van der Waals surface area contributed by atoms with Crippen molar-refractivity contribution in [2.75, 3.05) is 23.3 Å². The van der Waals surface area contributed by atoms with Crippen molar-refractivity contribution in [3.8, 4) is 0 Å². The van der Waals surface area contributed by atoms with Gasteiger partial charge in [-0.25, -0.2) is 9.97 Å². The van der Waals surface area contributed by atoms with Crippen molar-refractivity contribution in [1.29, 1.82) is 0 Å². The number of carbonyl (C=O) groups excluding carboxylic acids is 1. The minimum Gasteiger partial charge on any atom is -0.355 e. The van der Waals surface area contributed by atoms with Crippen LogP contribution < -0.4 is 10.2 Å². The average Bonchev–Trinajstić information content (AvgIpc) is 3.02. The Morgan fingerprint density at radius 1 is 1.14 bits per heavy atom. The van der Waals surface area contributed by atoms with E-state index in [1.165, 1.54) is 0 Å². The van der Waals surface area contributed by atoms with Gasteiger partial charge in [0.25, 0.3) is 5.91 Å². The molecule has 108 valence electrons. The maximum atomic E-state index is 12.4. The van der Waals surface area contributed by atoms with Crippen LogP contribution in [0.2, 0.25) is 0 Å². The zero-order valence-electron chi connectivity index (χ0n) is 11.4. The van der Waals surface area contributed by atoms with Gasteiger partial charge in [-0.2, -0.15) is 0 Å². The predicted octanol–water partition coefficient (Wildman–Crippen LogP) is 3.09. The van der Waals surface area contributed by atoms with E-state index in [-0.39, 0.29) is 5.91 Å². The minimum atomic E-state index is -0.191. The maximum absolute atomic E-state index is 12.4. The molecular weight excluding hydrogens is 332 g/mol. The summed E-state index contributed by atoms with van der Waals surface area (Å²) < 4.78 is 0.536. The maximum Gasteiger partial charge on any atom is 0.258 e. The Hall–Kier alpha value is -1.95. The fraction of sp³-hybridized carbons (Fsp3) is 0.267. The highest BCUT2D eigenvalue weighted by Gasteiger charge is 2.19. The van der Waals surface area contributed by atoms with E-state index < -0.39 is 0 Å². The number of rotatable bonds is 3. The predicted molar refractivity (Wildman–Crippen MR) is 85.6 cm³/mol. The van der Waals surface area contributed by atoms with Crippen LogP contribution in [0.1, 0.15) is 23.2 Å². The van der Waals surface area contributed by atoms with Crippen LogP contribution in [0.3, 0.4) is 0 Å². The lowest BCUT2D eigenvalue weighted by atomic mass is 10.2. The second-order valence-electron chi connectivity index (χ2n) is 4.86. The third-order valence-electron chi connectivity index (χ3n) is 3.44. The molecule has 5 nitrogen and oxygen atoms in total. The minimum absolute atomic E-state index is 0.191. The Balaban J connectivity index is 1.85. The molecule has 2 aromatic heterocycles. The standard InChI is InChI=1S/C15H15BrN4O/c16-13-11(5-3-7-17-13)15(21)19-12-6-4-8-18-14(12)20-9-1-2-10-20/h3-8H,1-2,9-10H2,(H,19,21). The first-order valence-corrected chi connectivity index (χ1v) is 7.67. The highest BCUT2D eigenvalue weighted by Crippen LogP contribution is 2.27. The first kappa shape index (κ1) is 14.0. The number of anilines is 2. The summed E-state index contributed by atoms with van der Waals surface area (Å²) in [4.78, 5) is 23.1. The van der Waals surface area contributed by atoms with Gasteiger partial charge in [-0.05, 0) is 53.0 Å². The molecule has 3 heterocycles. The van der Waals surface area contributed by atoms with Gasteiger partial charge in [-0.3, -0.25) is 4.79 Å². The molecule has 0 aromatic carbocycles. The zero-order valence-corrected chi connectivity index (χ0v) is 13.0. The van der Waals surface area contributed by atoms with E-state index in [2.05, 4.69) is 36.1 Å². The number of aromatic nitrogens is 2. The van der Waals surface area contributed by atoms with Gasteiger partial charge in [0, 0.05) is 25.5 Å². The van der Waals surface area contributed by atoms with Gasteiger partial charge in [-0.15, -0.1) is 0 Å². The first-order valence-electron chi connectivity index (χ1n) is 6.87. The molecule has 0 aliphatic carbocycles. The average molecular weight is 347 g/mol. The van der Waals surface area contributed by atoms with Gasteiger partial charge >= 0.3 is 0 Å². The Morgan fingerprint density at radius 2 is 1.86 bits per heavy atom. The monoisotopic (exact) mass is 346 g/mol. The summed E-state index contributed by atoms with van der Waals surface area (Å²) in [7, 11) is 0. The molecule has 0 bridgehead atoms. The normalized spacial score (nSPS) is 14.2.